The molecule has 0 radical (unpaired) electrons. The zero-order chi connectivity index (χ0) is 12.3. The molecule has 1 aromatic heterocycles. The van der Waals surface area contributed by atoms with Gasteiger partial charge in [-0.05, 0) is 53.4 Å². The van der Waals surface area contributed by atoms with Crippen molar-refractivity contribution in [3.63, 3.8) is 0 Å². The molecule has 0 aliphatic heterocycles. The zero-order valence-electron chi connectivity index (χ0n) is 9.68. The van der Waals surface area contributed by atoms with E-state index in [-0.39, 0.29) is 0 Å². The standard InChI is InChI=1S/C13H15NOS2/c1-10-2-3-12(14)13(8-10)17(15)7-5-11-4-6-16-9-11/h2-4,6,8-9H,5,7,14H2,1H3. The lowest BCUT2D eigenvalue weighted by molar-refractivity contribution is 0.682. The molecular weight excluding hydrogens is 250 g/mol. The minimum absolute atomic E-state index is 0.624. The third kappa shape index (κ3) is 3.17. The normalized spacial score (nSPS) is 12.5. The van der Waals surface area contributed by atoms with Crippen molar-refractivity contribution in [1.29, 1.82) is 0 Å². The summed E-state index contributed by atoms with van der Waals surface area (Å²) in [5.74, 6) is 0.629. The van der Waals surface area contributed by atoms with Crippen LogP contribution in [0.25, 0.3) is 0 Å². The van der Waals surface area contributed by atoms with E-state index in [9.17, 15) is 4.21 Å². The van der Waals surface area contributed by atoms with Crippen LogP contribution in [0.3, 0.4) is 0 Å². The second-order valence-electron chi connectivity index (χ2n) is 3.97. The Morgan fingerprint density at radius 3 is 2.88 bits per heavy atom. The van der Waals surface area contributed by atoms with Gasteiger partial charge in [0.2, 0.25) is 0 Å². The Morgan fingerprint density at radius 1 is 1.35 bits per heavy atom. The van der Waals surface area contributed by atoms with Gasteiger partial charge in [0, 0.05) is 11.4 Å². The van der Waals surface area contributed by atoms with Gasteiger partial charge >= 0.3 is 0 Å². The van der Waals surface area contributed by atoms with Crippen molar-refractivity contribution in [2.24, 2.45) is 0 Å². The number of thiophene rings is 1. The summed E-state index contributed by atoms with van der Waals surface area (Å²) in [6, 6.07) is 7.75. The van der Waals surface area contributed by atoms with Crippen LogP contribution >= 0.6 is 11.3 Å². The van der Waals surface area contributed by atoms with E-state index < -0.39 is 10.8 Å². The van der Waals surface area contributed by atoms with Crippen molar-refractivity contribution < 1.29 is 4.21 Å². The van der Waals surface area contributed by atoms with Crippen LogP contribution in [-0.2, 0) is 17.2 Å². The summed E-state index contributed by atoms with van der Waals surface area (Å²) in [6.45, 7) is 1.99. The number of nitrogen functional groups attached to an aromatic ring is 1. The van der Waals surface area contributed by atoms with Gasteiger partial charge in [-0.25, -0.2) is 0 Å². The molecule has 90 valence electrons. The average Bonchev–Trinajstić information content (AvgIpc) is 2.82. The maximum Gasteiger partial charge on any atom is 0.0620 e. The van der Waals surface area contributed by atoms with Crippen molar-refractivity contribution in [2.45, 2.75) is 18.2 Å². The number of nitrogens with two attached hydrogens (primary N) is 1. The Labute approximate surface area is 108 Å². The van der Waals surface area contributed by atoms with Crippen LogP contribution in [0.15, 0.2) is 39.9 Å². The predicted molar refractivity (Wildman–Crippen MR) is 74.9 cm³/mol. The Balaban J connectivity index is 2.07. The quantitative estimate of drug-likeness (QED) is 0.864. The molecule has 0 aliphatic rings. The molecule has 1 atom stereocenters. The maximum absolute atomic E-state index is 12.1. The van der Waals surface area contributed by atoms with Gasteiger partial charge < -0.3 is 5.73 Å². The molecule has 0 amide bonds. The highest BCUT2D eigenvalue weighted by Crippen LogP contribution is 2.19. The molecule has 0 aliphatic carbocycles. The van der Waals surface area contributed by atoms with Crippen LogP contribution in [-0.4, -0.2) is 9.96 Å². The highest BCUT2D eigenvalue weighted by molar-refractivity contribution is 7.85. The summed E-state index contributed by atoms with van der Waals surface area (Å²) >= 11 is 1.67. The first kappa shape index (κ1) is 12.3. The smallest absolute Gasteiger partial charge is 0.0620 e. The molecule has 0 spiro atoms. The van der Waals surface area contributed by atoms with Crippen LogP contribution in [0, 0.1) is 6.92 Å². The van der Waals surface area contributed by atoms with Crippen LogP contribution < -0.4 is 5.73 Å². The van der Waals surface area contributed by atoms with Gasteiger partial charge in [0.15, 0.2) is 0 Å². The lowest BCUT2D eigenvalue weighted by Crippen LogP contribution is -2.04. The van der Waals surface area contributed by atoms with E-state index in [1.54, 1.807) is 11.3 Å². The summed E-state index contributed by atoms with van der Waals surface area (Å²) in [6.07, 6.45) is 0.837. The molecule has 4 heteroatoms. The van der Waals surface area contributed by atoms with E-state index in [0.717, 1.165) is 16.9 Å². The SMILES string of the molecule is Cc1ccc(N)c(S(=O)CCc2ccsc2)c1. The predicted octanol–water partition coefficient (Wildman–Crippen LogP) is 2.99. The molecule has 1 aromatic carbocycles. The molecule has 2 rings (SSSR count). The van der Waals surface area contributed by atoms with Gasteiger partial charge in [0.1, 0.15) is 0 Å². The Morgan fingerprint density at radius 2 is 2.18 bits per heavy atom. The number of rotatable bonds is 4. The molecule has 17 heavy (non-hydrogen) atoms. The number of benzene rings is 1. The molecule has 2 N–H and O–H groups in total. The molecule has 2 aromatic rings. The van der Waals surface area contributed by atoms with Crippen LogP contribution in [0.1, 0.15) is 11.1 Å². The first-order valence-electron chi connectivity index (χ1n) is 5.42. The van der Waals surface area contributed by atoms with E-state index in [2.05, 4.69) is 11.4 Å². The third-order valence-electron chi connectivity index (χ3n) is 2.57. The molecule has 0 bridgehead atoms. The Bertz CT molecular complexity index is 520. The second-order valence-corrected chi connectivity index (χ2v) is 6.29. The molecule has 0 fully saturated rings. The van der Waals surface area contributed by atoms with Crippen molar-refractivity contribution in [2.75, 3.05) is 11.5 Å². The minimum Gasteiger partial charge on any atom is -0.398 e. The fraction of sp³-hybridized carbons (Fsp3) is 0.231. The van der Waals surface area contributed by atoms with E-state index in [0.29, 0.717) is 11.4 Å². The van der Waals surface area contributed by atoms with Crippen LogP contribution in [0.4, 0.5) is 5.69 Å². The third-order valence-corrected chi connectivity index (χ3v) is 4.72. The van der Waals surface area contributed by atoms with Gasteiger partial charge in [-0.1, -0.05) is 6.07 Å². The molecule has 1 unspecified atom stereocenters. The fourth-order valence-electron chi connectivity index (χ4n) is 1.59. The Hall–Kier alpha value is -1.13. The van der Waals surface area contributed by atoms with Crippen molar-refractivity contribution in [3.05, 3.63) is 46.2 Å². The van der Waals surface area contributed by atoms with Crippen LogP contribution in [0.5, 0.6) is 0 Å². The number of aryl methyl sites for hydroxylation is 2. The lowest BCUT2D eigenvalue weighted by atomic mass is 10.2. The van der Waals surface area contributed by atoms with Crippen molar-refractivity contribution in [1.82, 2.24) is 0 Å². The number of hydrogen-bond donors (Lipinski definition) is 1. The molecular formula is C13H15NOS2. The highest BCUT2D eigenvalue weighted by Gasteiger charge is 2.08. The van der Waals surface area contributed by atoms with Crippen molar-refractivity contribution in [3.8, 4) is 0 Å². The van der Waals surface area contributed by atoms with Gasteiger partial charge in [-0.2, -0.15) is 11.3 Å². The number of hydrogen-bond acceptors (Lipinski definition) is 3. The average molecular weight is 265 g/mol. The topological polar surface area (TPSA) is 43.1 Å². The van der Waals surface area contributed by atoms with Gasteiger partial charge in [-0.15, -0.1) is 0 Å². The molecule has 0 saturated heterocycles. The first-order valence-corrected chi connectivity index (χ1v) is 7.68. The molecule has 1 heterocycles. The summed E-state index contributed by atoms with van der Waals surface area (Å²) in [4.78, 5) is 0.764. The van der Waals surface area contributed by atoms with E-state index in [1.165, 1.54) is 5.56 Å². The summed E-state index contributed by atoms with van der Waals surface area (Å²) in [5, 5.41) is 4.14. The largest absolute Gasteiger partial charge is 0.398 e. The minimum atomic E-state index is -1.01. The Kier molecular flexibility index (Phi) is 3.97. The first-order chi connectivity index (χ1) is 8.16. The monoisotopic (exact) mass is 265 g/mol. The second kappa shape index (κ2) is 5.47. The summed E-state index contributed by atoms with van der Waals surface area (Å²) in [5.41, 5.74) is 8.81. The molecule has 2 nitrogen and oxygen atoms in total. The molecule has 0 saturated carbocycles. The van der Waals surface area contributed by atoms with E-state index >= 15 is 0 Å². The van der Waals surface area contributed by atoms with Crippen molar-refractivity contribution >= 4 is 27.8 Å². The van der Waals surface area contributed by atoms with E-state index in [4.69, 9.17) is 5.73 Å². The lowest BCUT2D eigenvalue weighted by Gasteiger charge is -2.06. The maximum atomic E-state index is 12.1. The fourth-order valence-corrected chi connectivity index (χ4v) is 3.59. The number of anilines is 1. The van der Waals surface area contributed by atoms with E-state index in [1.807, 2.05) is 30.5 Å². The zero-order valence-corrected chi connectivity index (χ0v) is 11.3. The van der Waals surface area contributed by atoms with Crippen LogP contribution in [0.2, 0.25) is 0 Å². The highest BCUT2D eigenvalue weighted by atomic mass is 32.2. The van der Waals surface area contributed by atoms with Gasteiger partial charge in [-0.3, -0.25) is 4.21 Å². The van der Waals surface area contributed by atoms with Gasteiger partial charge in [0.05, 0.1) is 15.7 Å². The summed E-state index contributed by atoms with van der Waals surface area (Å²) < 4.78 is 12.1. The van der Waals surface area contributed by atoms with Gasteiger partial charge in [0.25, 0.3) is 0 Å². The summed E-state index contributed by atoms with van der Waals surface area (Å²) in [7, 11) is -1.01.